The first-order chi connectivity index (χ1) is 11.1. The van der Waals surface area contributed by atoms with E-state index in [-0.39, 0.29) is 0 Å². The Bertz CT molecular complexity index is 661. The predicted molar refractivity (Wildman–Crippen MR) is 85.2 cm³/mol. The average molecular weight is 386 g/mol. The van der Waals surface area contributed by atoms with Crippen molar-refractivity contribution in [2.45, 2.75) is 31.6 Å². The van der Waals surface area contributed by atoms with Gasteiger partial charge >= 0.3 is 6.18 Å². The first-order valence-electron chi connectivity index (χ1n) is 7.41. The molecule has 0 atom stereocenters. The van der Waals surface area contributed by atoms with Crippen molar-refractivity contribution in [2.75, 3.05) is 25.9 Å². The quantitative estimate of drug-likeness (QED) is 0.781. The van der Waals surface area contributed by atoms with Crippen LogP contribution in [-0.4, -0.2) is 60.7 Å². The van der Waals surface area contributed by atoms with Crippen molar-refractivity contribution in [3.63, 3.8) is 0 Å². The largest absolute Gasteiger partial charge is 0.402 e. The maximum Gasteiger partial charge on any atom is 0.402 e. The van der Waals surface area contributed by atoms with Gasteiger partial charge in [0.25, 0.3) is 0 Å². The lowest BCUT2D eigenvalue weighted by atomic mass is 10.0. The molecule has 2 heterocycles. The van der Waals surface area contributed by atoms with Gasteiger partial charge in [0.1, 0.15) is 6.54 Å². The summed E-state index contributed by atoms with van der Waals surface area (Å²) in [7, 11) is -3.92. The Morgan fingerprint density at radius 3 is 2.50 bits per heavy atom. The van der Waals surface area contributed by atoms with E-state index in [9.17, 15) is 21.6 Å². The van der Waals surface area contributed by atoms with E-state index in [4.69, 9.17) is 11.6 Å². The molecule has 2 rings (SSSR count). The zero-order chi connectivity index (χ0) is 18.0. The summed E-state index contributed by atoms with van der Waals surface area (Å²) in [6, 6.07) is 2.81. The highest BCUT2D eigenvalue weighted by atomic mass is 35.5. The van der Waals surface area contributed by atoms with Crippen LogP contribution in [0.1, 0.15) is 18.5 Å². The number of sulfonamides is 1. The summed E-state index contributed by atoms with van der Waals surface area (Å²) < 4.78 is 62.0. The molecule has 0 spiro atoms. The number of pyridine rings is 1. The van der Waals surface area contributed by atoms with Gasteiger partial charge in [-0.25, -0.2) is 8.42 Å². The number of alkyl halides is 3. The second-order valence-electron chi connectivity index (χ2n) is 5.86. The van der Waals surface area contributed by atoms with Crippen molar-refractivity contribution >= 4 is 21.6 Å². The Labute approximate surface area is 144 Å². The number of likely N-dealkylation sites (tertiary alicyclic amines) is 1. The molecule has 24 heavy (non-hydrogen) atoms. The second-order valence-corrected chi connectivity index (χ2v) is 8.20. The topological polar surface area (TPSA) is 53.5 Å². The van der Waals surface area contributed by atoms with Crippen LogP contribution in [0, 0.1) is 0 Å². The van der Waals surface area contributed by atoms with Crippen LogP contribution in [0.4, 0.5) is 13.2 Å². The minimum atomic E-state index is -4.55. The van der Waals surface area contributed by atoms with Gasteiger partial charge in [-0.2, -0.15) is 17.5 Å². The monoisotopic (exact) mass is 385 g/mol. The molecule has 0 aliphatic carbocycles. The molecule has 0 amide bonds. The Balaban J connectivity index is 1.99. The molecule has 1 aliphatic rings. The summed E-state index contributed by atoms with van der Waals surface area (Å²) >= 11 is 6.05. The Morgan fingerprint density at radius 1 is 1.38 bits per heavy atom. The fraction of sp³-hybridized carbons (Fsp3) is 0.643. The van der Waals surface area contributed by atoms with E-state index in [0.29, 0.717) is 47.5 Å². The Morgan fingerprint density at radius 2 is 2.00 bits per heavy atom. The molecule has 136 valence electrons. The number of hydrogen-bond donors (Lipinski definition) is 0. The van der Waals surface area contributed by atoms with Crippen molar-refractivity contribution in [1.29, 1.82) is 0 Å². The Hall–Kier alpha value is -0.900. The van der Waals surface area contributed by atoms with Crippen LogP contribution in [-0.2, 0) is 16.6 Å². The third-order valence-electron chi connectivity index (χ3n) is 3.93. The zero-order valence-corrected chi connectivity index (χ0v) is 14.7. The van der Waals surface area contributed by atoms with Gasteiger partial charge in [0.05, 0.1) is 17.0 Å². The molecule has 1 fully saturated rings. The Kier molecular flexibility index (Phi) is 6.11. The van der Waals surface area contributed by atoms with Crippen molar-refractivity contribution < 1.29 is 21.6 Å². The van der Waals surface area contributed by atoms with E-state index in [1.54, 1.807) is 18.3 Å². The smallest absolute Gasteiger partial charge is 0.297 e. The van der Waals surface area contributed by atoms with E-state index in [2.05, 4.69) is 4.98 Å². The molecule has 0 unspecified atom stereocenters. The second kappa shape index (κ2) is 7.55. The third-order valence-corrected chi connectivity index (χ3v) is 5.56. The van der Waals surface area contributed by atoms with Crippen molar-refractivity contribution in [3.8, 4) is 0 Å². The van der Waals surface area contributed by atoms with Gasteiger partial charge in [0.2, 0.25) is 10.0 Å². The maximum atomic E-state index is 12.7. The molecular weight excluding hydrogens is 367 g/mol. The minimum Gasteiger partial charge on any atom is -0.297 e. The molecule has 0 N–H and O–H groups in total. The number of nitrogens with zero attached hydrogens (tertiary/aromatic N) is 3. The third kappa shape index (κ3) is 5.58. The van der Waals surface area contributed by atoms with Gasteiger partial charge in [-0.05, 0) is 25.0 Å². The number of piperidine rings is 1. The highest BCUT2D eigenvalue weighted by molar-refractivity contribution is 7.88. The van der Waals surface area contributed by atoms with Crippen molar-refractivity contribution in [3.05, 3.63) is 29.0 Å². The maximum absolute atomic E-state index is 12.7. The normalized spacial score (nSPS) is 18.2. The van der Waals surface area contributed by atoms with Crippen LogP contribution in [0.5, 0.6) is 0 Å². The number of aromatic nitrogens is 1. The van der Waals surface area contributed by atoms with Gasteiger partial charge in [0, 0.05) is 31.9 Å². The van der Waals surface area contributed by atoms with Gasteiger partial charge in [-0.1, -0.05) is 11.6 Å². The van der Waals surface area contributed by atoms with Gasteiger partial charge in [-0.15, -0.1) is 0 Å². The molecule has 5 nitrogen and oxygen atoms in total. The highest BCUT2D eigenvalue weighted by Crippen LogP contribution is 2.26. The lowest BCUT2D eigenvalue weighted by Gasteiger charge is -2.37. The van der Waals surface area contributed by atoms with Crippen LogP contribution in [0.2, 0.25) is 5.02 Å². The number of halogens is 4. The van der Waals surface area contributed by atoms with E-state index < -0.39 is 28.8 Å². The molecule has 0 bridgehead atoms. The van der Waals surface area contributed by atoms with Crippen molar-refractivity contribution in [1.82, 2.24) is 14.2 Å². The summed E-state index contributed by atoms with van der Waals surface area (Å²) in [6.07, 6.45) is -1.43. The summed E-state index contributed by atoms with van der Waals surface area (Å²) in [6.45, 7) is 0.0238. The van der Waals surface area contributed by atoms with Gasteiger partial charge < -0.3 is 0 Å². The van der Waals surface area contributed by atoms with E-state index in [1.165, 1.54) is 0 Å². The summed E-state index contributed by atoms with van der Waals surface area (Å²) in [5.41, 5.74) is 0.702. The molecular formula is C14H19ClF3N3O2S. The molecule has 0 saturated carbocycles. The van der Waals surface area contributed by atoms with E-state index >= 15 is 0 Å². The van der Waals surface area contributed by atoms with E-state index in [0.717, 1.165) is 6.26 Å². The number of rotatable bonds is 5. The highest BCUT2D eigenvalue weighted by Gasteiger charge is 2.39. The first kappa shape index (κ1) is 19.4. The molecule has 1 saturated heterocycles. The summed E-state index contributed by atoms with van der Waals surface area (Å²) in [5, 5.41) is 0.537. The summed E-state index contributed by atoms with van der Waals surface area (Å²) in [4.78, 5) is 6.20. The summed E-state index contributed by atoms with van der Waals surface area (Å²) in [5.74, 6) is 0. The van der Waals surface area contributed by atoms with Crippen LogP contribution in [0.3, 0.4) is 0 Å². The molecule has 1 aliphatic heterocycles. The predicted octanol–water partition coefficient (Wildman–Crippen LogP) is 2.52. The number of hydrogen-bond acceptors (Lipinski definition) is 4. The van der Waals surface area contributed by atoms with Crippen LogP contribution in [0.25, 0.3) is 0 Å². The van der Waals surface area contributed by atoms with E-state index in [1.807, 2.05) is 4.90 Å². The lowest BCUT2D eigenvalue weighted by Crippen LogP contribution is -2.50. The average Bonchev–Trinajstić information content (AvgIpc) is 2.46. The SMILES string of the molecule is CS(=O)(=O)N(CC(F)(F)F)C1CCN(Cc2ncccc2Cl)CC1. The van der Waals surface area contributed by atoms with Gasteiger partial charge in [0.15, 0.2) is 0 Å². The molecule has 1 aromatic heterocycles. The molecule has 1 aromatic rings. The minimum absolute atomic E-state index is 0.341. The van der Waals surface area contributed by atoms with Crippen LogP contribution >= 0.6 is 11.6 Å². The lowest BCUT2D eigenvalue weighted by molar-refractivity contribution is -0.140. The molecule has 0 radical (unpaired) electrons. The van der Waals surface area contributed by atoms with Crippen LogP contribution in [0.15, 0.2) is 18.3 Å². The fourth-order valence-corrected chi connectivity index (χ4v) is 4.12. The zero-order valence-electron chi connectivity index (χ0n) is 13.1. The fourth-order valence-electron chi connectivity index (χ4n) is 2.81. The standard InChI is InChI=1S/C14H19ClF3N3O2S/c1-24(22,23)21(10-14(16,17)18)11-4-7-20(8-5-11)9-13-12(15)3-2-6-19-13/h2-3,6,11H,4-5,7-10H2,1H3. The van der Waals surface area contributed by atoms with Crippen molar-refractivity contribution in [2.24, 2.45) is 0 Å². The molecule has 10 heteroatoms. The van der Waals surface area contributed by atoms with Gasteiger partial charge in [-0.3, -0.25) is 9.88 Å². The first-order valence-corrected chi connectivity index (χ1v) is 9.64. The molecule has 0 aromatic carbocycles. The van der Waals surface area contributed by atoms with Crippen LogP contribution < -0.4 is 0 Å².